The van der Waals surface area contributed by atoms with E-state index < -0.39 is 0 Å². The number of benzene rings is 2. The fourth-order valence-electron chi connectivity index (χ4n) is 4.24. The first-order valence-corrected chi connectivity index (χ1v) is 10.8. The molecule has 4 aromatic rings. The van der Waals surface area contributed by atoms with Crippen molar-refractivity contribution in [3.05, 3.63) is 88.9 Å². The van der Waals surface area contributed by atoms with Crippen molar-refractivity contribution in [1.82, 2.24) is 19.2 Å². The predicted molar refractivity (Wildman–Crippen MR) is 125 cm³/mol. The maximum Gasteiger partial charge on any atom is 0.254 e. The Morgan fingerprint density at radius 3 is 2.24 bits per heavy atom. The van der Waals surface area contributed by atoms with Crippen LogP contribution in [0.4, 0.5) is 0 Å². The number of nitrogens with zero attached hydrogens (tertiary/aromatic N) is 4. The SMILES string of the molecule is COc1cc(OC)cc(C(=O)N2Cc3nn(-c4ccc(C)c(C)c4)c(-n4cccc4)c3C2)c1. The molecule has 1 aliphatic heterocycles. The van der Waals surface area contributed by atoms with E-state index >= 15 is 0 Å². The number of carbonyl (C=O) groups excluding carboxylic acids is 1. The van der Waals surface area contributed by atoms with Crippen molar-refractivity contribution in [2.45, 2.75) is 26.9 Å². The molecule has 0 saturated carbocycles. The molecule has 0 spiro atoms. The molecule has 0 atom stereocenters. The topological polar surface area (TPSA) is 61.5 Å². The summed E-state index contributed by atoms with van der Waals surface area (Å²) in [5.41, 5.74) is 5.94. The number of methoxy groups -OCH3 is 2. The van der Waals surface area contributed by atoms with Crippen molar-refractivity contribution in [2.24, 2.45) is 0 Å². The van der Waals surface area contributed by atoms with Gasteiger partial charge in [0.25, 0.3) is 5.91 Å². The Morgan fingerprint density at radius 2 is 1.61 bits per heavy atom. The van der Waals surface area contributed by atoms with Gasteiger partial charge in [-0.05, 0) is 61.4 Å². The lowest BCUT2D eigenvalue weighted by molar-refractivity contribution is 0.0748. The Morgan fingerprint density at radius 1 is 0.909 bits per heavy atom. The average Bonchev–Trinajstić information content (AvgIpc) is 3.56. The molecule has 168 valence electrons. The number of hydrogen-bond acceptors (Lipinski definition) is 4. The maximum atomic E-state index is 13.4. The number of hydrogen-bond donors (Lipinski definition) is 0. The number of fused-ring (bicyclic) bond motifs is 1. The van der Waals surface area contributed by atoms with E-state index in [-0.39, 0.29) is 5.91 Å². The van der Waals surface area contributed by atoms with Crippen molar-refractivity contribution in [1.29, 1.82) is 0 Å². The van der Waals surface area contributed by atoms with Gasteiger partial charge in [-0.2, -0.15) is 5.10 Å². The van der Waals surface area contributed by atoms with Crippen LogP contribution in [0.25, 0.3) is 11.5 Å². The summed E-state index contributed by atoms with van der Waals surface area (Å²) in [7, 11) is 3.15. The Hall–Kier alpha value is -4.00. The second kappa shape index (κ2) is 8.16. The Kier molecular flexibility index (Phi) is 5.17. The molecule has 33 heavy (non-hydrogen) atoms. The van der Waals surface area contributed by atoms with E-state index in [1.54, 1.807) is 32.4 Å². The van der Waals surface area contributed by atoms with Crippen LogP contribution < -0.4 is 9.47 Å². The second-order valence-electron chi connectivity index (χ2n) is 8.28. The van der Waals surface area contributed by atoms with Gasteiger partial charge in [0, 0.05) is 29.6 Å². The lowest BCUT2D eigenvalue weighted by atomic mass is 10.1. The monoisotopic (exact) mass is 442 g/mol. The Labute approximate surface area is 192 Å². The fraction of sp³-hybridized carbons (Fsp3) is 0.231. The third kappa shape index (κ3) is 3.65. The molecule has 2 aromatic heterocycles. The quantitative estimate of drug-likeness (QED) is 0.458. The van der Waals surface area contributed by atoms with Gasteiger partial charge in [0.15, 0.2) is 0 Å². The Bertz CT molecular complexity index is 1320. The number of amides is 1. The average molecular weight is 443 g/mol. The molecule has 0 bridgehead atoms. The van der Waals surface area contributed by atoms with Crippen LogP contribution in [0.1, 0.15) is 32.7 Å². The van der Waals surface area contributed by atoms with E-state index in [0.29, 0.717) is 30.2 Å². The summed E-state index contributed by atoms with van der Waals surface area (Å²) in [6.45, 7) is 5.13. The minimum Gasteiger partial charge on any atom is -0.497 e. The summed E-state index contributed by atoms with van der Waals surface area (Å²) < 4.78 is 14.7. The zero-order chi connectivity index (χ0) is 23.1. The highest BCUT2D eigenvalue weighted by Crippen LogP contribution is 2.33. The molecule has 0 saturated heterocycles. The molecule has 7 nitrogen and oxygen atoms in total. The summed E-state index contributed by atoms with van der Waals surface area (Å²) in [6, 6.07) is 15.6. The van der Waals surface area contributed by atoms with Gasteiger partial charge in [-0.3, -0.25) is 4.79 Å². The minimum atomic E-state index is -0.0820. The lowest BCUT2D eigenvalue weighted by Crippen LogP contribution is -2.26. The minimum absolute atomic E-state index is 0.0820. The van der Waals surface area contributed by atoms with Crippen LogP contribution in [-0.2, 0) is 13.1 Å². The molecular formula is C26H26N4O3. The van der Waals surface area contributed by atoms with E-state index in [0.717, 1.165) is 22.8 Å². The molecule has 3 heterocycles. The van der Waals surface area contributed by atoms with Gasteiger partial charge in [0.05, 0.1) is 38.7 Å². The zero-order valence-electron chi connectivity index (χ0n) is 19.2. The molecule has 0 N–H and O–H groups in total. The van der Waals surface area contributed by atoms with Gasteiger partial charge < -0.3 is 18.9 Å². The standard InChI is InChI=1S/C26H26N4O3/c1-17-7-8-20(11-18(17)2)30-25(28-9-5-6-10-28)23-15-29(16-24(23)27-30)26(31)19-12-21(32-3)14-22(13-19)33-4/h5-14H,15-16H2,1-4H3. The van der Waals surface area contributed by atoms with E-state index in [1.807, 2.05) is 34.1 Å². The van der Waals surface area contributed by atoms with Gasteiger partial charge in [-0.25, -0.2) is 4.68 Å². The molecule has 0 aliphatic carbocycles. The highest BCUT2D eigenvalue weighted by molar-refractivity contribution is 5.95. The summed E-state index contributed by atoms with van der Waals surface area (Å²) in [5.74, 6) is 2.04. The van der Waals surface area contributed by atoms with Crippen molar-refractivity contribution >= 4 is 5.91 Å². The normalized spacial score (nSPS) is 12.7. The number of rotatable bonds is 5. The van der Waals surface area contributed by atoms with Gasteiger partial charge in [-0.1, -0.05) is 6.07 Å². The highest BCUT2D eigenvalue weighted by atomic mass is 16.5. The third-order valence-corrected chi connectivity index (χ3v) is 6.20. The van der Waals surface area contributed by atoms with Crippen LogP contribution in [0, 0.1) is 13.8 Å². The largest absolute Gasteiger partial charge is 0.497 e. The summed E-state index contributed by atoms with van der Waals surface area (Å²) >= 11 is 0. The lowest BCUT2D eigenvalue weighted by Gasteiger charge is -2.18. The van der Waals surface area contributed by atoms with Gasteiger partial charge >= 0.3 is 0 Å². The molecular weight excluding hydrogens is 416 g/mol. The van der Waals surface area contributed by atoms with Crippen LogP contribution in [0.2, 0.25) is 0 Å². The van der Waals surface area contributed by atoms with Gasteiger partial charge in [0.1, 0.15) is 17.3 Å². The summed E-state index contributed by atoms with van der Waals surface area (Å²) in [5, 5.41) is 4.93. The molecule has 0 fully saturated rings. The van der Waals surface area contributed by atoms with E-state index in [2.05, 4.69) is 36.6 Å². The molecule has 0 radical (unpaired) electrons. The van der Waals surface area contributed by atoms with Crippen molar-refractivity contribution in [2.75, 3.05) is 14.2 Å². The number of aryl methyl sites for hydroxylation is 2. The van der Waals surface area contributed by atoms with Crippen LogP contribution in [0.15, 0.2) is 60.9 Å². The fourth-order valence-corrected chi connectivity index (χ4v) is 4.24. The van der Waals surface area contributed by atoms with Crippen LogP contribution in [-0.4, -0.2) is 39.4 Å². The Balaban J connectivity index is 1.53. The second-order valence-corrected chi connectivity index (χ2v) is 8.28. The van der Waals surface area contributed by atoms with E-state index in [4.69, 9.17) is 14.6 Å². The molecule has 1 amide bonds. The first-order chi connectivity index (χ1) is 16.0. The third-order valence-electron chi connectivity index (χ3n) is 6.20. The summed E-state index contributed by atoms with van der Waals surface area (Å²) in [6.07, 6.45) is 4.01. The highest BCUT2D eigenvalue weighted by Gasteiger charge is 2.32. The van der Waals surface area contributed by atoms with Gasteiger partial charge in [-0.15, -0.1) is 0 Å². The van der Waals surface area contributed by atoms with Crippen molar-refractivity contribution in [3.8, 4) is 23.0 Å². The molecule has 1 aliphatic rings. The first kappa shape index (κ1) is 20.9. The predicted octanol–water partition coefficient (Wildman–Crippen LogP) is 4.45. The smallest absolute Gasteiger partial charge is 0.254 e. The molecule has 5 rings (SSSR count). The first-order valence-electron chi connectivity index (χ1n) is 10.8. The van der Waals surface area contributed by atoms with Crippen molar-refractivity contribution in [3.63, 3.8) is 0 Å². The molecule has 2 aromatic carbocycles. The van der Waals surface area contributed by atoms with Crippen LogP contribution in [0.3, 0.4) is 0 Å². The zero-order valence-corrected chi connectivity index (χ0v) is 19.2. The summed E-state index contributed by atoms with van der Waals surface area (Å²) in [4.78, 5) is 15.2. The van der Waals surface area contributed by atoms with Crippen LogP contribution >= 0.6 is 0 Å². The van der Waals surface area contributed by atoms with E-state index in [9.17, 15) is 4.79 Å². The number of carbonyl (C=O) groups is 1. The number of ether oxygens (including phenoxy) is 2. The van der Waals surface area contributed by atoms with E-state index in [1.165, 1.54) is 11.1 Å². The maximum absolute atomic E-state index is 13.4. The molecule has 0 unspecified atom stereocenters. The number of aromatic nitrogens is 3. The van der Waals surface area contributed by atoms with Gasteiger partial charge in [0.2, 0.25) is 0 Å². The molecule has 7 heteroatoms. The van der Waals surface area contributed by atoms with Crippen molar-refractivity contribution < 1.29 is 14.3 Å². The van der Waals surface area contributed by atoms with Crippen LogP contribution in [0.5, 0.6) is 11.5 Å².